The van der Waals surface area contributed by atoms with Crippen molar-refractivity contribution in [3.05, 3.63) is 77.9 Å². The Morgan fingerprint density at radius 3 is 2.40 bits per heavy atom. The molecule has 1 fully saturated rings. The number of amides is 1. The third-order valence-electron chi connectivity index (χ3n) is 7.31. The van der Waals surface area contributed by atoms with Crippen molar-refractivity contribution in [2.45, 2.75) is 48.0 Å². The monoisotopic (exact) mass is 587 g/mol. The first-order valence-electron chi connectivity index (χ1n) is 12.6. The number of hydrogen-bond donors (Lipinski definition) is 5. The molecule has 7 N–H and O–H groups in total. The summed E-state index contributed by atoms with van der Waals surface area (Å²) < 4.78 is 28.7. The van der Waals surface area contributed by atoms with E-state index in [4.69, 9.17) is 16.9 Å². The number of benzene rings is 3. The van der Waals surface area contributed by atoms with Crippen LogP contribution in [0.4, 0.5) is 0 Å². The van der Waals surface area contributed by atoms with Crippen LogP contribution in [-0.4, -0.2) is 59.8 Å². The Kier molecular flexibility index (Phi) is 9.25. The molecule has 10 nitrogen and oxygen atoms in total. The molecule has 3 aromatic rings. The van der Waals surface area contributed by atoms with Crippen LogP contribution in [0.1, 0.15) is 37.3 Å². The van der Waals surface area contributed by atoms with Crippen LogP contribution in [0.5, 0.6) is 0 Å². The molecule has 1 aliphatic rings. The molecule has 1 amide bonds. The van der Waals surface area contributed by atoms with Crippen molar-refractivity contribution >= 4 is 50.7 Å². The molecule has 40 heavy (non-hydrogen) atoms. The Bertz CT molecular complexity index is 1540. The Morgan fingerprint density at radius 1 is 1.07 bits per heavy atom. The van der Waals surface area contributed by atoms with Crippen molar-refractivity contribution in [2.24, 2.45) is 11.5 Å². The summed E-state index contributed by atoms with van der Waals surface area (Å²) in [5.74, 6) is -2.54. The number of aliphatic carboxylic acids is 1. The van der Waals surface area contributed by atoms with Crippen LogP contribution in [-0.2, 0) is 25.8 Å². The third kappa shape index (κ3) is 5.97. The van der Waals surface area contributed by atoms with Crippen molar-refractivity contribution in [3.63, 3.8) is 0 Å². The number of nitrogens with zero attached hydrogens (tertiary/aromatic N) is 1. The zero-order valence-corrected chi connectivity index (χ0v) is 23.7. The molecule has 0 aromatic heterocycles. The van der Waals surface area contributed by atoms with Gasteiger partial charge in [0, 0.05) is 12.0 Å². The fourth-order valence-corrected chi connectivity index (χ4v) is 6.73. The number of carboxylic acid groups (broad SMARTS) is 1. The molecule has 4 rings (SSSR count). The standard InChI is InChI=1S/C28H33N5O5S.ClH/c1-27(13-4-5-14-32-27)33(18-24(34)35)26(36)28(31,17-19-7-6-10-22(15-19)25(29)30)39(37,38)23-12-11-20-8-2-3-9-21(20)16-23;/h2-3,6-12,15-16,32H,4-5,13-14,17-18,31H2,1H3,(H3,29,30)(H,34,35);1H/t27?,28-;/m1./s1. The van der Waals surface area contributed by atoms with Gasteiger partial charge >= 0.3 is 5.97 Å². The SMILES string of the molecule is CC1(N(CC(=O)O)C(=O)[C@@](N)(Cc2cccc(C(=N)N)c2)S(=O)(=O)c2ccc3ccccc3c2)CCCCN1.Cl. The second-order valence-corrected chi connectivity index (χ2v) is 12.3. The van der Waals surface area contributed by atoms with Crippen LogP contribution in [0.15, 0.2) is 71.6 Å². The fraction of sp³-hybridized carbons (Fsp3) is 0.321. The largest absolute Gasteiger partial charge is 0.480 e. The summed E-state index contributed by atoms with van der Waals surface area (Å²) in [7, 11) is -4.59. The summed E-state index contributed by atoms with van der Waals surface area (Å²) >= 11 is 0. The van der Waals surface area contributed by atoms with Crippen LogP contribution in [0, 0.1) is 5.41 Å². The number of nitrogens with one attached hydrogen (secondary N) is 2. The highest BCUT2D eigenvalue weighted by atomic mass is 35.5. The summed E-state index contributed by atoms with van der Waals surface area (Å²) in [4.78, 5) is 24.6. The van der Waals surface area contributed by atoms with Gasteiger partial charge in [-0.3, -0.25) is 20.3 Å². The zero-order chi connectivity index (χ0) is 28.4. The van der Waals surface area contributed by atoms with Crippen molar-refractivity contribution in [3.8, 4) is 0 Å². The maximum absolute atomic E-state index is 14.4. The normalized spacial score (nSPS) is 18.8. The third-order valence-corrected chi connectivity index (χ3v) is 9.46. The van der Waals surface area contributed by atoms with E-state index in [9.17, 15) is 23.1 Å². The highest BCUT2D eigenvalue weighted by Crippen LogP contribution is 2.33. The number of halogens is 1. The number of carbonyl (C=O) groups is 2. The molecular weight excluding hydrogens is 554 g/mol. The highest BCUT2D eigenvalue weighted by Gasteiger charge is 2.53. The number of sulfone groups is 1. The molecule has 3 aromatic carbocycles. The minimum Gasteiger partial charge on any atom is -0.480 e. The van der Waals surface area contributed by atoms with E-state index in [2.05, 4.69) is 5.32 Å². The maximum atomic E-state index is 14.4. The first kappa shape index (κ1) is 31.0. The molecule has 1 aliphatic heterocycles. The minimum atomic E-state index is -4.59. The van der Waals surface area contributed by atoms with Gasteiger partial charge in [-0.25, -0.2) is 8.42 Å². The number of carbonyl (C=O) groups excluding carboxylic acids is 1. The molecule has 0 aliphatic carbocycles. The number of nitrogen functional groups attached to an aromatic ring is 1. The van der Waals surface area contributed by atoms with Gasteiger partial charge in [-0.15, -0.1) is 12.4 Å². The summed E-state index contributed by atoms with van der Waals surface area (Å²) in [5, 5.41) is 22.1. The molecule has 0 spiro atoms. The van der Waals surface area contributed by atoms with Gasteiger partial charge in [-0.1, -0.05) is 48.5 Å². The molecule has 12 heteroatoms. The number of nitrogens with two attached hydrogens (primary N) is 2. The van der Waals surface area contributed by atoms with E-state index in [-0.39, 0.29) is 23.1 Å². The van der Waals surface area contributed by atoms with E-state index in [1.165, 1.54) is 18.2 Å². The lowest BCUT2D eigenvalue weighted by molar-refractivity contribution is -0.153. The van der Waals surface area contributed by atoms with Gasteiger partial charge < -0.3 is 21.5 Å². The van der Waals surface area contributed by atoms with Crippen molar-refractivity contribution in [1.82, 2.24) is 10.2 Å². The van der Waals surface area contributed by atoms with Gasteiger partial charge in [0.2, 0.25) is 14.7 Å². The lowest BCUT2D eigenvalue weighted by atomic mass is 9.95. The molecule has 0 radical (unpaired) electrons. The minimum absolute atomic E-state index is 0. The molecular formula is C28H34ClN5O5S. The van der Waals surface area contributed by atoms with Gasteiger partial charge in [0.1, 0.15) is 12.4 Å². The maximum Gasteiger partial charge on any atom is 0.323 e. The molecule has 2 atom stereocenters. The van der Waals surface area contributed by atoms with E-state index < -0.39 is 45.2 Å². The number of amidine groups is 1. The van der Waals surface area contributed by atoms with E-state index in [1.807, 2.05) is 12.1 Å². The molecule has 1 unspecified atom stereocenters. The van der Waals surface area contributed by atoms with Crippen LogP contribution >= 0.6 is 12.4 Å². The van der Waals surface area contributed by atoms with Crippen LogP contribution < -0.4 is 16.8 Å². The van der Waals surface area contributed by atoms with E-state index in [0.29, 0.717) is 29.5 Å². The Hall–Kier alpha value is -3.51. The van der Waals surface area contributed by atoms with Gasteiger partial charge in [-0.2, -0.15) is 0 Å². The van der Waals surface area contributed by atoms with Gasteiger partial charge in [0.15, 0.2) is 0 Å². The first-order valence-corrected chi connectivity index (χ1v) is 14.1. The van der Waals surface area contributed by atoms with Crippen LogP contribution in [0.3, 0.4) is 0 Å². The van der Waals surface area contributed by atoms with Gasteiger partial charge in [-0.05, 0) is 67.3 Å². The molecule has 0 saturated carbocycles. The highest BCUT2D eigenvalue weighted by molar-refractivity contribution is 7.93. The van der Waals surface area contributed by atoms with E-state index in [1.54, 1.807) is 43.3 Å². The van der Waals surface area contributed by atoms with Gasteiger partial charge in [0.05, 0.1) is 10.6 Å². The van der Waals surface area contributed by atoms with Gasteiger partial charge in [0.25, 0.3) is 5.91 Å². The average Bonchev–Trinajstić information content (AvgIpc) is 2.91. The first-order chi connectivity index (χ1) is 18.4. The summed E-state index contributed by atoms with van der Waals surface area (Å²) in [5.41, 5.74) is 11.9. The van der Waals surface area contributed by atoms with Crippen LogP contribution in [0.2, 0.25) is 0 Å². The second kappa shape index (κ2) is 11.9. The Morgan fingerprint density at radius 2 is 1.77 bits per heavy atom. The fourth-order valence-electron chi connectivity index (χ4n) is 5.09. The topological polar surface area (TPSA) is 180 Å². The smallest absolute Gasteiger partial charge is 0.323 e. The number of hydrogen-bond acceptors (Lipinski definition) is 7. The van der Waals surface area contributed by atoms with E-state index >= 15 is 0 Å². The quantitative estimate of drug-likeness (QED) is 0.187. The average molecular weight is 588 g/mol. The van der Waals surface area contributed by atoms with E-state index in [0.717, 1.165) is 23.1 Å². The van der Waals surface area contributed by atoms with Crippen molar-refractivity contribution < 1.29 is 23.1 Å². The lowest BCUT2D eigenvalue weighted by Gasteiger charge is -2.46. The molecule has 1 saturated heterocycles. The van der Waals surface area contributed by atoms with Crippen molar-refractivity contribution in [1.29, 1.82) is 5.41 Å². The molecule has 0 bridgehead atoms. The molecule has 1 heterocycles. The predicted molar refractivity (Wildman–Crippen MR) is 156 cm³/mol. The summed E-state index contributed by atoms with van der Waals surface area (Å²) in [6.07, 6.45) is 1.53. The number of rotatable bonds is 9. The summed E-state index contributed by atoms with van der Waals surface area (Å²) in [6, 6.07) is 18.0. The Balaban J connectivity index is 0.00000441. The van der Waals surface area contributed by atoms with Crippen LogP contribution in [0.25, 0.3) is 10.8 Å². The number of piperidine rings is 1. The van der Waals surface area contributed by atoms with Crippen molar-refractivity contribution in [2.75, 3.05) is 13.1 Å². The zero-order valence-electron chi connectivity index (χ0n) is 22.1. The summed E-state index contributed by atoms with van der Waals surface area (Å²) in [6.45, 7) is 1.49. The lowest BCUT2D eigenvalue weighted by Crippen LogP contribution is -2.70. The second-order valence-electron chi connectivity index (χ2n) is 10.1. The number of carboxylic acids is 1. The number of fused-ring (bicyclic) bond motifs is 1. The Labute approximate surface area is 239 Å². The predicted octanol–water partition coefficient (Wildman–Crippen LogP) is 2.62. The molecule has 214 valence electrons.